The minimum Gasteiger partial charge on any atom is -0.397 e. The molecule has 1 aromatic carbocycles. The molecule has 1 aliphatic carbocycles. The van der Waals surface area contributed by atoms with E-state index in [1.165, 1.54) is 0 Å². The van der Waals surface area contributed by atoms with Gasteiger partial charge in [-0.05, 0) is 25.0 Å². The van der Waals surface area contributed by atoms with Gasteiger partial charge in [0.25, 0.3) is 0 Å². The van der Waals surface area contributed by atoms with Crippen molar-refractivity contribution in [2.45, 2.75) is 18.9 Å². The van der Waals surface area contributed by atoms with Gasteiger partial charge in [0.1, 0.15) is 0 Å². The Kier molecular flexibility index (Phi) is 3.64. The highest BCUT2D eigenvalue weighted by Gasteiger charge is 2.22. The minimum absolute atomic E-state index is 0.0435. The summed E-state index contributed by atoms with van der Waals surface area (Å²) in [6, 6.07) is 3.53. The van der Waals surface area contributed by atoms with E-state index in [0.717, 1.165) is 12.8 Å². The fourth-order valence-electron chi connectivity index (χ4n) is 1.40. The average molecular weight is 274 g/mol. The molecule has 0 saturated heterocycles. The Bertz CT molecular complexity index is 447. The zero-order valence-corrected chi connectivity index (χ0v) is 10.6. The molecule has 0 unspecified atom stereocenters. The van der Waals surface area contributed by atoms with Gasteiger partial charge >= 0.3 is 0 Å². The molecule has 1 fully saturated rings. The third-order valence-electron chi connectivity index (χ3n) is 2.47. The largest absolute Gasteiger partial charge is 0.397 e. The van der Waals surface area contributed by atoms with Gasteiger partial charge in [-0.25, -0.2) is 0 Å². The fourth-order valence-corrected chi connectivity index (χ4v) is 1.73. The lowest BCUT2D eigenvalue weighted by Gasteiger charge is -2.10. The SMILES string of the molecule is Nc1cc(Cl)c(Cl)cc1NCC(=O)NC1CC1. The average Bonchev–Trinajstić information content (AvgIpc) is 3.05. The quantitative estimate of drug-likeness (QED) is 0.738. The summed E-state index contributed by atoms with van der Waals surface area (Å²) in [7, 11) is 0. The first-order valence-corrected chi connectivity index (χ1v) is 6.09. The van der Waals surface area contributed by atoms with Crippen LogP contribution >= 0.6 is 23.2 Å². The summed E-state index contributed by atoms with van der Waals surface area (Å²) in [4.78, 5) is 11.5. The third-order valence-corrected chi connectivity index (χ3v) is 3.20. The van der Waals surface area contributed by atoms with Gasteiger partial charge in [0.05, 0.1) is 28.0 Å². The van der Waals surface area contributed by atoms with Crippen LogP contribution in [0.1, 0.15) is 12.8 Å². The van der Waals surface area contributed by atoms with Crippen LogP contribution < -0.4 is 16.4 Å². The molecule has 0 heterocycles. The molecule has 2 rings (SSSR count). The highest BCUT2D eigenvalue weighted by molar-refractivity contribution is 6.42. The number of halogens is 2. The maximum Gasteiger partial charge on any atom is 0.239 e. The molecule has 17 heavy (non-hydrogen) atoms. The molecule has 0 radical (unpaired) electrons. The van der Waals surface area contributed by atoms with Gasteiger partial charge < -0.3 is 16.4 Å². The zero-order chi connectivity index (χ0) is 12.4. The smallest absolute Gasteiger partial charge is 0.239 e. The van der Waals surface area contributed by atoms with E-state index < -0.39 is 0 Å². The second-order valence-electron chi connectivity index (χ2n) is 4.05. The van der Waals surface area contributed by atoms with Crippen LogP contribution in [0, 0.1) is 0 Å². The minimum atomic E-state index is -0.0435. The van der Waals surface area contributed by atoms with Gasteiger partial charge in [-0.1, -0.05) is 23.2 Å². The summed E-state index contributed by atoms with van der Waals surface area (Å²) in [6.45, 7) is 0.179. The Morgan fingerprint density at radius 2 is 2.00 bits per heavy atom. The third kappa shape index (κ3) is 3.41. The van der Waals surface area contributed by atoms with Gasteiger partial charge in [-0.15, -0.1) is 0 Å². The lowest BCUT2D eigenvalue weighted by Crippen LogP contribution is -2.31. The van der Waals surface area contributed by atoms with Gasteiger partial charge in [0.2, 0.25) is 5.91 Å². The van der Waals surface area contributed by atoms with E-state index in [-0.39, 0.29) is 12.5 Å². The Morgan fingerprint density at radius 3 is 2.65 bits per heavy atom. The summed E-state index contributed by atoms with van der Waals surface area (Å²) in [5, 5.41) is 6.61. The number of hydrogen-bond donors (Lipinski definition) is 3. The molecule has 0 spiro atoms. The number of rotatable bonds is 4. The van der Waals surface area contributed by atoms with E-state index in [4.69, 9.17) is 28.9 Å². The van der Waals surface area contributed by atoms with E-state index in [9.17, 15) is 4.79 Å². The van der Waals surface area contributed by atoms with E-state index in [2.05, 4.69) is 10.6 Å². The zero-order valence-electron chi connectivity index (χ0n) is 9.09. The molecule has 0 atom stereocenters. The van der Waals surface area contributed by atoms with Crippen LogP contribution in [0.5, 0.6) is 0 Å². The molecule has 0 aromatic heterocycles. The van der Waals surface area contributed by atoms with Crippen LogP contribution in [0.2, 0.25) is 10.0 Å². The molecule has 0 bridgehead atoms. The van der Waals surface area contributed by atoms with Crippen molar-refractivity contribution >= 4 is 40.5 Å². The Hall–Kier alpha value is -1.13. The number of anilines is 2. The molecule has 1 aromatic rings. The lowest BCUT2D eigenvalue weighted by atomic mass is 10.2. The van der Waals surface area contributed by atoms with Crippen LogP contribution in [0.15, 0.2) is 12.1 Å². The molecule has 4 N–H and O–H groups in total. The Morgan fingerprint density at radius 1 is 1.35 bits per heavy atom. The maximum atomic E-state index is 11.5. The normalized spacial score (nSPS) is 14.5. The molecule has 0 aliphatic heterocycles. The standard InChI is InChI=1S/C11H13Cl2N3O/c12-7-3-9(14)10(4-8(7)13)15-5-11(17)16-6-1-2-6/h3-4,6,15H,1-2,5,14H2,(H,16,17). The summed E-state index contributed by atoms with van der Waals surface area (Å²) in [6.07, 6.45) is 2.14. The van der Waals surface area contributed by atoms with Crippen molar-refractivity contribution in [1.29, 1.82) is 0 Å². The van der Waals surface area contributed by atoms with Crippen molar-refractivity contribution in [2.24, 2.45) is 0 Å². The number of amides is 1. The van der Waals surface area contributed by atoms with E-state index in [1.807, 2.05) is 0 Å². The number of carbonyl (C=O) groups is 1. The van der Waals surface area contributed by atoms with Crippen LogP contribution in [-0.2, 0) is 4.79 Å². The van der Waals surface area contributed by atoms with Crippen molar-refractivity contribution in [3.63, 3.8) is 0 Å². The Balaban J connectivity index is 1.93. The van der Waals surface area contributed by atoms with Crippen molar-refractivity contribution in [3.8, 4) is 0 Å². The predicted molar refractivity (Wildman–Crippen MR) is 70.5 cm³/mol. The number of carbonyl (C=O) groups excluding carboxylic acids is 1. The number of benzene rings is 1. The molecule has 1 amide bonds. The molecule has 92 valence electrons. The first-order valence-electron chi connectivity index (χ1n) is 5.34. The second kappa shape index (κ2) is 5.02. The first kappa shape index (κ1) is 12.3. The van der Waals surface area contributed by atoms with Crippen LogP contribution in [-0.4, -0.2) is 18.5 Å². The van der Waals surface area contributed by atoms with E-state index in [1.54, 1.807) is 12.1 Å². The summed E-state index contributed by atoms with van der Waals surface area (Å²) in [5.74, 6) is -0.0435. The van der Waals surface area contributed by atoms with E-state index >= 15 is 0 Å². The van der Waals surface area contributed by atoms with Crippen LogP contribution in [0.25, 0.3) is 0 Å². The first-order chi connectivity index (χ1) is 8.06. The molecule has 1 aliphatic rings. The maximum absolute atomic E-state index is 11.5. The highest BCUT2D eigenvalue weighted by atomic mass is 35.5. The monoisotopic (exact) mass is 273 g/mol. The van der Waals surface area contributed by atoms with Gasteiger partial charge in [0.15, 0.2) is 0 Å². The van der Waals surface area contributed by atoms with Gasteiger partial charge in [-0.3, -0.25) is 4.79 Å². The van der Waals surface area contributed by atoms with Gasteiger partial charge in [-0.2, -0.15) is 0 Å². The molecular formula is C11H13Cl2N3O. The highest BCUT2D eigenvalue weighted by Crippen LogP contribution is 2.30. The van der Waals surface area contributed by atoms with Crippen molar-refractivity contribution in [2.75, 3.05) is 17.6 Å². The van der Waals surface area contributed by atoms with Crippen LogP contribution in [0.4, 0.5) is 11.4 Å². The van der Waals surface area contributed by atoms with Crippen molar-refractivity contribution in [1.82, 2.24) is 5.32 Å². The summed E-state index contributed by atoms with van der Waals surface area (Å²) in [5.41, 5.74) is 6.84. The topological polar surface area (TPSA) is 67.1 Å². The fraction of sp³-hybridized carbons (Fsp3) is 0.364. The van der Waals surface area contributed by atoms with E-state index in [0.29, 0.717) is 27.5 Å². The predicted octanol–water partition coefficient (Wildman–Crippen LogP) is 2.27. The number of nitrogens with two attached hydrogens (primary N) is 1. The number of nitrogen functional groups attached to an aromatic ring is 1. The molecule has 6 heteroatoms. The van der Waals surface area contributed by atoms with Crippen molar-refractivity contribution < 1.29 is 4.79 Å². The van der Waals surface area contributed by atoms with Crippen LogP contribution in [0.3, 0.4) is 0 Å². The summed E-state index contributed by atoms with van der Waals surface area (Å²) >= 11 is 11.7. The number of hydrogen-bond acceptors (Lipinski definition) is 3. The van der Waals surface area contributed by atoms with Gasteiger partial charge in [0, 0.05) is 6.04 Å². The molecule has 4 nitrogen and oxygen atoms in total. The van der Waals surface area contributed by atoms with Crippen molar-refractivity contribution in [3.05, 3.63) is 22.2 Å². The molecule has 1 saturated carbocycles. The Labute approximate surface area is 109 Å². The lowest BCUT2D eigenvalue weighted by molar-refractivity contribution is -0.119. The number of nitrogens with one attached hydrogen (secondary N) is 2. The second-order valence-corrected chi connectivity index (χ2v) is 4.86. The summed E-state index contributed by atoms with van der Waals surface area (Å²) < 4.78 is 0. The molecular weight excluding hydrogens is 261 g/mol.